The quantitative estimate of drug-likeness (QED) is 0.602. The van der Waals surface area contributed by atoms with Gasteiger partial charge in [0.1, 0.15) is 0 Å². The lowest BCUT2D eigenvalue weighted by molar-refractivity contribution is -0.117. The second-order valence-electron chi connectivity index (χ2n) is 3.74. The summed E-state index contributed by atoms with van der Waals surface area (Å²) in [6.45, 7) is 7.47. The molecular formula is C12H16O. The molecule has 1 aliphatic rings. The molecule has 0 fully saturated rings. The third-order valence-corrected chi connectivity index (χ3v) is 2.56. The number of hydrogen-bond donors (Lipinski definition) is 0. The minimum atomic E-state index is 0.0787. The molecule has 0 saturated heterocycles. The van der Waals surface area contributed by atoms with Gasteiger partial charge in [0, 0.05) is 6.42 Å². The van der Waals surface area contributed by atoms with Crippen LogP contribution in [0.1, 0.15) is 25.7 Å². The number of rotatable bonds is 4. The molecule has 1 heteroatoms. The van der Waals surface area contributed by atoms with E-state index in [1.54, 1.807) is 6.08 Å². The molecule has 1 nitrogen and oxygen atoms in total. The molecule has 0 atom stereocenters. The first-order valence-electron chi connectivity index (χ1n) is 4.64. The number of carbonyl (C=O) groups excluding carboxylic acids is 1. The van der Waals surface area contributed by atoms with E-state index in [1.807, 2.05) is 18.2 Å². The fourth-order valence-corrected chi connectivity index (χ4v) is 1.95. The summed E-state index contributed by atoms with van der Waals surface area (Å²) in [5.74, 6) is 0.231. The highest BCUT2D eigenvalue weighted by Gasteiger charge is 2.30. The van der Waals surface area contributed by atoms with E-state index < -0.39 is 0 Å². The maximum atomic E-state index is 11.3. The Kier molecular flexibility index (Phi) is 3.24. The van der Waals surface area contributed by atoms with Crippen LogP contribution in [-0.4, -0.2) is 5.78 Å². The van der Waals surface area contributed by atoms with Gasteiger partial charge >= 0.3 is 0 Å². The van der Waals surface area contributed by atoms with Gasteiger partial charge in [-0.1, -0.05) is 18.2 Å². The molecule has 0 radical (unpaired) electrons. The third kappa shape index (κ3) is 2.41. The van der Waals surface area contributed by atoms with Crippen LogP contribution in [0.4, 0.5) is 0 Å². The molecule has 0 aromatic heterocycles. The Morgan fingerprint density at radius 2 is 2.00 bits per heavy atom. The lowest BCUT2D eigenvalue weighted by Crippen LogP contribution is -2.25. The third-order valence-electron chi connectivity index (χ3n) is 2.56. The maximum Gasteiger partial charge on any atom is 0.155 e. The van der Waals surface area contributed by atoms with E-state index in [-0.39, 0.29) is 11.2 Å². The molecule has 0 spiro atoms. The van der Waals surface area contributed by atoms with Crippen LogP contribution in [0.25, 0.3) is 0 Å². The Hall–Kier alpha value is -1.11. The summed E-state index contributed by atoms with van der Waals surface area (Å²) in [7, 11) is 0. The molecule has 0 unspecified atom stereocenters. The van der Waals surface area contributed by atoms with Crippen molar-refractivity contribution < 1.29 is 4.79 Å². The van der Waals surface area contributed by atoms with Crippen molar-refractivity contribution in [3.05, 3.63) is 37.5 Å². The van der Waals surface area contributed by atoms with Gasteiger partial charge in [0.05, 0.1) is 0 Å². The first kappa shape index (κ1) is 9.97. The summed E-state index contributed by atoms with van der Waals surface area (Å²) in [5, 5.41) is 0. The molecule has 0 saturated carbocycles. The Bertz CT molecular complexity index is 238. The normalized spacial score (nSPS) is 19.8. The molecule has 0 aromatic rings. The van der Waals surface area contributed by atoms with Crippen LogP contribution in [0.5, 0.6) is 0 Å². The van der Waals surface area contributed by atoms with E-state index in [0.717, 1.165) is 19.3 Å². The van der Waals surface area contributed by atoms with Crippen molar-refractivity contribution in [2.45, 2.75) is 25.7 Å². The highest BCUT2D eigenvalue weighted by molar-refractivity contribution is 5.91. The zero-order valence-electron chi connectivity index (χ0n) is 7.96. The number of carbonyl (C=O) groups is 1. The van der Waals surface area contributed by atoms with Gasteiger partial charge in [-0.2, -0.15) is 0 Å². The second-order valence-corrected chi connectivity index (χ2v) is 3.74. The summed E-state index contributed by atoms with van der Waals surface area (Å²) < 4.78 is 0. The molecule has 1 rings (SSSR count). The predicted octanol–water partition coefficient (Wildman–Crippen LogP) is 3.04. The average Bonchev–Trinajstić information content (AvgIpc) is 2.04. The molecule has 0 aromatic carbocycles. The first-order chi connectivity index (χ1) is 6.22. The van der Waals surface area contributed by atoms with Crippen LogP contribution < -0.4 is 0 Å². The fourth-order valence-electron chi connectivity index (χ4n) is 1.95. The summed E-state index contributed by atoms with van der Waals surface area (Å²) in [4.78, 5) is 11.3. The first-order valence-corrected chi connectivity index (χ1v) is 4.64. The van der Waals surface area contributed by atoms with E-state index in [1.165, 1.54) is 0 Å². The Morgan fingerprint density at radius 3 is 2.46 bits per heavy atom. The van der Waals surface area contributed by atoms with E-state index in [9.17, 15) is 4.79 Å². The van der Waals surface area contributed by atoms with Gasteiger partial charge in [-0.3, -0.25) is 4.79 Å². The van der Waals surface area contributed by atoms with Gasteiger partial charge in [-0.05, 0) is 30.8 Å². The van der Waals surface area contributed by atoms with Crippen molar-refractivity contribution in [1.82, 2.24) is 0 Å². The minimum absolute atomic E-state index is 0.0787. The van der Waals surface area contributed by atoms with Gasteiger partial charge < -0.3 is 0 Å². The lowest BCUT2D eigenvalue weighted by atomic mass is 9.72. The fraction of sp³-hybridized carbons (Fsp3) is 0.417. The van der Waals surface area contributed by atoms with E-state index in [0.29, 0.717) is 6.42 Å². The molecule has 70 valence electrons. The summed E-state index contributed by atoms with van der Waals surface area (Å²) >= 11 is 0. The van der Waals surface area contributed by atoms with Crippen LogP contribution in [0, 0.1) is 5.41 Å². The highest BCUT2D eigenvalue weighted by atomic mass is 16.1. The highest BCUT2D eigenvalue weighted by Crippen LogP contribution is 2.38. The van der Waals surface area contributed by atoms with Crippen LogP contribution in [0.2, 0.25) is 0 Å². The topological polar surface area (TPSA) is 17.1 Å². The summed E-state index contributed by atoms with van der Waals surface area (Å²) in [6.07, 6.45) is 10.9. The molecule has 0 N–H and O–H groups in total. The molecule has 0 amide bonds. The zero-order chi connectivity index (χ0) is 9.73. The Morgan fingerprint density at radius 1 is 1.38 bits per heavy atom. The summed E-state index contributed by atoms with van der Waals surface area (Å²) in [6, 6.07) is 0. The van der Waals surface area contributed by atoms with Gasteiger partial charge in [0.25, 0.3) is 0 Å². The van der Waals surface area contributed by atoms with Crippen molar-refractivity contribution in [3.63, 3.8) is 0 Å². The smallest absolute Gasteiger partial charge is 0.155 e. The number of hydrogen-bond acceptors (Lipinski definition) is 1. The maximum absolute atomic E-state index is 11.3. The average molecular weight is 176 g/mol. The van der Waals surface area contributed by atoms with Crippen LogP contribution in [0.15, 0.2) is 37.5 Å². The lowest BCUT2D eigenvalue weighted by Gasteiger charge is -2.32. The number of allylic oxidation sites excluding steroid dienone is 4. The largest absolute Gasteiger partial charge is 0.295 e. The van der Waals surface area contributed by atoms with E-state index >= 15 is 0 Å². The van der Waals surface area contributed by atoms with Crippen LogP contribution in [0.3, 0.4) is 0 Å². The SMILES string of the molecule is C=CCC1(CC=C)CC=CC(=O)C1. The molecule has 1 aliphatic carbocycles. The van der Waals surface area contributed by atoms with Gasteiger partial charge in [0.2, 0.25) is 0 Å². The monoisotopic (exact) mass is 176 g/mol. The van der Waals surface area contributed by atoms with Crippen LogP contribution in [-0.2, 0) is 4.79 Å². The second kappa shape index (κ2) is 4.22. The van der Waals surface area contributed by atoms with Crippen molar-refractivity contribution in [3.8, 4) is 0 Å². The van der Waals surface area contributed by atoms with Crippen molar-refractivity contribution >= 4 is 5.78 Å². The van der Waals surface area contributed by atoms with Crippen molar-refractivity contribution in [1.29, 1.82) is 0 Å². The van der Waals surface area contributed by atoms with E-state index in [2.05, 4.69) is 13.2 Å². The molecule has 0 aliphatic heterocycles. The minimum Gasteiger partial charge on any atom is -0.295 e. The van der Waals surface area contributed by atoms with Crippen LogP contribution >= 0.6 is 0 Å². The summed E-state index contributed by atoms with van der Waals surface area (Å²) in [5.41, 5.74) is 0.0787. The van der Waals surface area contributed by atoms with E-state index in [4.69, 9.17) is 0 Å². The standard InChI is InChI=1S/C12H16O/c1-3-7-12(8-4-2)9-5-6-11(13)10-12/h3-6H,1-2,7-10H2. The molecule has 13 heavy (non-hydrogen) atoms. The Labute approximate surface area is 79.8 Å². The molecular weight excluding hydrogens is 160 g/mol. The van der Waals surface area contributed by atoms with Crippen molar-refractivity contribution in [2.75, 3.05) is 0 Å². The van der Waals surface area contributed by atoms with Gasteiger partial charge in [-0.25, -0.2) is 0 Å². The molecule has 0 bridgehead atoms. The Balaban J connectivity index is 2.77. The zero-order valence-corrected chi connectivity index (χ0v) is 7.96. The van der Waals surface area contributed by atoms with Crippen molar-refractivity contribution in [2.24, 2.45) is 5.41 Å². The molecule has 0 heterocycles. The van der Waals surface area contributed by atoms with Gasteiger partial charge in [-0.15, -0.1) is 13.2 Å². The van der Waals surface area contributed by atoms with Gasteiger partial charge in [0.15, 0.2) is 5.78 Å². The number of ketones is 1. The predicted molar refractivity (Wildman–Crippen MR) is 55.4 cm³/mol.